The van der Waals surface area contributed by atoms with Gasteiger partial charge < -0.3 is 5.32 Å². The standard InChI is InChI=1S/C22H20BrN5O2S2/c1-3-19(32-22-24-16-6-4-5-7-18(16)28(22)13(2)29)20(30)25-21-27-26-17(12-31-21)14-8-10-15(23)11-9-14/h4-11,19H,3,12H2,1-2H3,(H,25,27,30)/t19-/m0/s1. The smallest absolute Gasteiger partial charge is 0.239 e. The topological polar surface area (TPSA) is 88.7 Å². The van der Waals surface area contributed by atoms with Gasteiger partial charge in [-0.1, -0.05) is 70.6 Å². The van der Waals surface area contributed by atoms with Gasteiger partial charge in [0.1, 0.15) is 0 Å². The van der Waals surface area contributed by atoms with Crippen LogP contribution in [0, 0.1) is 0 Å². The minimum absolute atomic E-state index is 0.140. The number of para-hydroxylation sites is 2. The van der Waals surface area contributed by atoms with Gasteiger partial charge in [0.25, 0.3) is 0 Å². The van der Waals surface area contributed by atoms with Crippen LogP contribution in [0.2, 0.25) is 0 Å². The fourth-order valence-electron chi connectivity index (χ4n) is 3.17. The molecule has 2 aromatic carbocycles. The summed E-state index contributed by atoms with van der Waals surface area (Å²) in [7, 11) is 0. The molecule has 7 nitrogen and oxygen atoms in total. The number of aromatic nitrogens is 2. The summed E-state index contributed by atoms with van der Waals surface area (Å²) in [5, 5.41) is 11.9. The van der Waals surface area contributed by atoms with E-state index >= 15 is 0 Å². The van der Waals surface area contributed by atoms with E-state index in [-0.39, 0.29) is 11.8 Å². The molecule has 2 heterocycles. The number of amides is 1. The lowest BCUT2D eigenvalue weighted by Gasteiger charge is -2.17. The predicted octanol–water partition coefficient (Wildman–Crippen LogP) is 4.95. The van der Waals surface area contributed by atoms with Gasteiger partial charge in [-0.3, -0.25) is 14.2 Å². The van der Waals surface area contributed by atoms with Crippen molar-refractivity contribution in [2.45, 2.75) is 30.7 Å². The summed E-state index contributed by atoms with van der Waals surface area (Å²) in [5.41, 5.74) is 3.32. The Balaban J connectivity index is 1.48. The number of nitrogens with zero attached hydrogens (tertiary/aromatic N) is 4. The maximum atomic E-state index is 12.9. The van der Waals surface area contributed by atoms with Crippen molar-refractivity contribution < 1.29 is 9.59 Å². The highest BCUT2D eigenvalue weighted by atomic mass is 79.9. The highest BCUT2D eigenvalue weighted by Gasteiger charge is 2.25. The van der Waals surface area contributed by atoms with Crippen LogP contribution in [0.3, 0.4) is 0 Å². The number of hydrogen-bond donors (Lipinski definition) is 1. The molecule has 164 valence electrons. The molecule has 1 N–H and O–H groups in total. The molecule has 4 rings (SSSR count). The number of hydrogen-bond acceptors (Lipinski definition) is 7. The molecular formula is C22H20BrN5O2S2. The molecule has 32 heavy (non-hydrogen) atoms. The molecule has 0 unspecified atom stereocenters. The second-order valence-electron chi connectivity index (χ2n) is 6.99. The highest BCUT2D eigenvalue weighted by Crippen LogP contribution is 2.29. The van der Waals surface area contributed by atoms with Crippen LogP contribution in [0.25, 0.3) is 11.0 Å². The predicted molar refractivity (Wildman–Crippen MR) is 135 cm³/mol. The van der Waals surface area contributed by atoms with Gasteiger partial charge in [-0.15, -0.1) is 5.10 Å². The van der Waals surface area contributed by atoms with Crippen LogP contribution in [-0.4, -0.2) is 43.2 Å². The maximum Gasteiger partial charge on any atom is 0.239 e. The number of amidine groups is 1. The Labute approximate surface area is 202 Å². The molecule has 0 saturated carbocycles. The quantitative estimate of drug-likeness (QED) is 0.472. The summed E-state index contributed by atoms with van der Waals surface area (Å²) >= 11 is 6.14. The van der Waals surface area contributed by atoms with Crippen molar-refractivity contribution in [1.82, 2.24) is 14.9 Å². The minimum atomic E-state index is -0.426. The number of carbonyl (C=O) groups excluding carboxylic acids is 2. The van der Waals surface area contributed by atoms with Crippen LogP contribution in [0.15, 0.2) is 68.4 Å². The number of benzene rings is 2. The van der Waals surface area contributed by atoms with E-state index in [1.807, 2.05) is 55.5 Å². The average molecular weight is 530 g/mol. The lowest BCUT2D eigenvalue weighted by atomic mass is 10.1. The number of nitrogens with one attached hydrogen (secondary N) is 1. The Bertz CT molecular complexity index is 1240. The van der Waals surface area contributed by atoms with Crippen molar-refractivity contribution in [1.29, 1.82) is 0 Å². The largest absolute Gasteiger partial charge is 0.303 e. The second-order valence-corrected chi connectivity index (χ2v) is 10.0. The summed E-state index contributed by atoms with van der Waals surface area (Å²) < 4.78 is 2.56. The van der Waals surface area contributed by atoms with Crippen LogP contribution in [0.1, 0.15) is 30.6 Å². The number of halogens is 1. The Kier molecular flexibility index (Phi) is 7.12. The third-order valence-electron chi connectivity index (χ3n) is 4.77. The molecule has 1 aliphatic rings. The van der Waals surface area contributed by atoms with E-state index in [1.165, 1.54) is 30.4 Å². The van der Waals surface area contributed by atoms with Gasteiger partial charge in [0, 0.05) is 17.1 Å². The van der Waals surface area contributed by atoms with Gasteiger partial charge in [-0.05, 0) is 36.2 Å². The van der Waals surface area contributed by atoms with Crippen LogP contribution in [0.4, 0.5) is 0 Å². The van der Waals surface area contributed by atoms with Gasteiger partial charge in [0.15, 0.2) is 10.3 Å². The van der Waals surface area contributed by atoms with Gasteiger partial charge in [0.05, 0.1) is 22.0 Å². The molecule has 1 aromatic heterocycles. The van der Waals surface area contributed by atoms with E-state index in [4.69, 9.17) is 0 Å². The summed E-state index contributed by atoms with van der Waals surface area (Å²) in [5.74, 6) is 0.289. The van der Waals surface area contributed by atoms with Gasteiger partial charge >= 0.3 is 0 Å². The van der Waals surface area contributed by atoms with Gasteiger partial charge in [-0.2, -0.15) is 5.10 Å². The summed E-state index contributed by atoms with van der Waals surface area (Å²) in [6.45, 7) is 3.42. The molecule has 0 bridgehead atoms. The lowest BCUT2D eigenvalue weighted by Crippen LogP contribution is -2.37. The fraction of sp³-hybridized carbons (Fsp3) is 0.227. The minimum Gasteiger partial charge on any atom is -0.303 e. The Morgan fingerprint density at radius 3 is 2.59 bits per heavy atom. The molecule has 0 spiro atoms. The van der Waals surface area contributed by atoms with E-state index in [2.05, 4.69) is 36.4 Å². The highest BCUT2D eigenvalue weighted by molar-refractivity contribution is 9.10. The van der Waals surface area contributed by atoms with Crippen LogP contribution < -0.4 is 5.32 Å². The second kappa shape index (κ2) is 10.0. The molecule has 1 atom stereocenters. The third kappa shape index (κ3) is 4.97. The molecule has 0 radical (unpaired) electrons. The van der Waals surface area contributed by atoms with E-state index < -0.39 is 5.25 Å². The summed E-state index contributed by atoms with van der Waals surface area (Å²) in [4.78, 5) is 29.7. The van der Waals surface area contributed by atoms with Crippen molar-refractivity contribution in [2.24, 2.45) is 10.2 Å². The van der Waals surface area contributed by atoms with Crippen molar-refractivity contribution in [3.8, 4) is 0 Å². The first kappa shape index (κ1) is 22.8. The molecular weight excluding hydrogens is 510 g/mol. The fourth-order valence-corrected chi connectivity index (χ4v) is 5.27. The van der Waals surface area contributed by atoms with Gasteiger partial charge in [0.2, 0.25) is 11.8 Å². The SMILES string of the molecule is CC[C@H](Sc1nc2ccccc2n1C(C)=O)C(=O)NC1=NN=C(c2ccc(Br)cc2)CS1. The monoisotopic (exact) mass is 529 g/mol. The zero-order valence-corrected chi connectivity index (χ0v) is 20.6. The number of carbonyl (C=O) groups is 2. The molecule has 0 fully saturated rings. The molecule has 3 aromatic rings. The first-order valence-electron chi connectivity index (χ1n) is 9.95. The van der Waals surface area contributed by atoms with Crippen molar-refractivity contribution in [3.05, 3.63) is 58.6 Å². The number of thioether (sulfide) groups is 2. The molecule has 0 saturated heterocycles. The van der Waals surface area contributed by atoms with Crippen molar-refractivity contribution in [3.63, 3.8) is 0 Å². The van der Waals surface area contributed by atoms with E-state index in [0.717, 1.165) is 26.8 Å². The average Bonchev–Trinajstić information content (AvgIpc) is 3.17. The van der Waals surface area contributed by atoms with E-state index in [0.29, 0.717) is 22.5 Å². The normalized spacial score (nSPS) is 14.6. The molecule has 10 heteroatoms. The number of rotatable bonds is 5. The number of fused-ring (bicyclic) bond motifs is 1. The van der Waals surface area contributed by atoms with Crippen LogP contribution in [-0.2, 0) is 4.79 Å². The van der Waals surface area contributed by atoms with Crippen molar-refractivity contribution >= 4 is 73.2 Å². The molecule has 1 amide bonds. The Morgan fingerprint density at radius 1 is 1.19 bits per heavy atom. The van der Waals surface area contributed by atoms with Gasteiger partial charge in [-0.25, -0.2) is 4.98 Å². The lowest BCUT2D eigenvalue weighted by molar-refractivity contribution is -0.119. The van der Waals surface area contributed by atoms with Crippen LogP contribution in [0.5, 0.6) is 0 Å². The van der Waals surface area contributed by atoms with Crippen LogP contribution >= 0.6 is 39.5 Å². The van der Waals surface area contributed by atoms with E-state index in [1.54, 1.807) is 4.57 Å². The molecule has 0 aliphatic carbocycles. The zero-order valence-electron chi connectivity index (χ0n) is 17.4. The first-order valence-corrected chi connectivity index (χ1v) is 12.6. The zero-order chi connectivity index (χ0) is 22.7. The van der Waals surface area contributed by atoms with Crippen molar-refractivity contribution in [2.75, 3.05) is 5.75 Å². The van der Waals surface area contributed by atoms with E-state index in [9.17, 15) is 9.59 Å². The Hall–Kier alpha value is -2.43. The summed E-state index contributed by atoms with van der Waals surface area (Å²) in [6, 6.07) is 15.3. The third-order valence-corrected chi connectivity index (χ3v) is 7.49. The molecule has 1 aliphatic heterocycles. The number of imidazole rings is 1. The maximum absolute atomic E-state index is 12.9. The Morgan fingerprint density at radius 2 is 1.94 bits per heavy atom. The first-order chi connectivity index (χ1) is 15.5. The summed E-state index contributed by atoms with van der Waals surface area (Å²) in [6.07, 6.45) is 0.572.